The highest BCUT2D eigenvalue weighted by atomic mass is 16.8. The first-order chi connectivity index (χ1) is 31.1. The first kappa shape index (κ1) is 50.8. The molecule has 0 aromatic heterocycles. The number of aliphatic hydroxyl groups is 13. The molecule has 0 amide bonds. The Labute approximate surface area is 381 Å². The van der Waals surface area contributed by atoms with E-state index in [2.05, 4.69) is 13.5 Å². The molecule has 8 fully saturated rings. The zero-order chi connectivity index (χ0) is 48.0. The number of aliphatic hydroxyl groups excluding tert-OH is 13. The molecule has 26 atom stereocenters. The van der Waals surface area contributed by atoms with Crippen molar-refractivity contribution in [2.75, 3.05) is 19.8 Å². The molecule has 0 radical (unpaired) electrons. The minimum absolute atomic E-state index is 0.0493. The van der Waals surface area contributed by atoms with Gasteiger partial charge < -0.3 is 104 Å². The van der Waals surface area contributed by atoms with E-state index in [0.29, 0.717) is 51.4 Å². The van der Waals surface area contributed by atoms with Gasteiger partial charge in [-0.2, -0.15) is 0 Å². The Morgan fingerprint density at radius 3 is 1.74 bits per heavy atom. The molecule has 4 aliphatic carbocycles. The van der Waals surface area contributed by atoms with Crippen LogP contribution < -0.4 is 0 Å². The first-order valence-corrected chi connectivity index (χ1v) is 23.2. The van der Waals surface area contributed by atoms with Gasteiger partial charge in [0, 0.05) is 0 Å². The predicted octanol–water partition coefficient (Wildman–Crippen LogP) is -4.09. The van der Waals surface area contributed by atoms with Crippen LogP contribution in [0, 0.1) is 28.1 Å². The quantitative estimate of drug-likeness (QED) is 0.0532. The van der Waals surface area contributed by atoms with Gasteiger partial charge in [-0.15, -0.1) is 0 Å². The third-order valence-electron chi connectivity index (χ3n) is 17.0. The minimum Gasteiger partial charge on any atom is -0.432 e. The lowest BCUT2D eigenvalue weighted by molar-refractivity contribution is -0.398. The molecule has 13 N–H and O–H groups in total. The molecule has 8 aliphatic rings. The Morgan fingerprint density at radius 2 is 1.12 bits per heavy atom. The molecule has 378 valence electrons. The van der Waals surface area contributed by atoms with E-state index >= 15 is 0 Å². The maximum absolute atomic E-state index is 14.3. The zero-order valence-corrected chi connectivity index (χ0v) is 37.4. The highest BCUT2D eigenvalue weighted by molar-refractivity contribution is 5.77. The lowest BCUT2D eigenvalue weighted by Crippen LogP contribution is -2.67. The van der Waals surface area contributed by atoms with Crippen molar-refractivity contribution in [2.45, 2.75) is 207 Å². The highest BCUT2D eigenvalue weighted by Crippen LogP contribution is 2.73. The minimum atomic E-state index is -1.92. The van der Waals surface area contributed by atoms with Gasteiger partial charge in [0.05, 0.1) is 36.9 Å². The third-order valence-corrected chi connectivity index (χ3v) is 17.0. The van der Waals surface area contributed by atoms with Crippen LogP contribution in [-0.4, -0.2) is 221 Å². The topological polar surface area (TPSA) is 354 Å². The van der Waals surface area contributed by atoms with E-state index in [1.165, 1.54) is 6.92 Å². The van der Waals surface area contributed by atoms with E-state index in [4.69, 9.17) is 37.9 Å². The van der Waals surface area contributed by atoms with Gasteiger partial charge in [0.2, 0.25) is 6.29 Å². The van der Waals surface area contributed by atoms with E-state index in [0.717, 1.165) is 12.0 Å². The maximum atomic E-state index is 14.3. The second-order valence-electron chi connectivity index (χ2n) is 20.8. The van der Waals surface area contributed by atoms with Crippen LogP contribution in [0.5, 0.6) is 0 Å². The molecule has 4 heterocycles. The molecule has 22 heteroatoms. The molecule has 4 saturated carbocycles. The number of carbonyl (C=O) groups excluding carboxylic acids is 1. The number of hydrogen-bond donors (Lipinski definition) is 13. The van der Waals surface area contributed by atoms with Crippen LogP contribution in [0.25, 0.3) is 0 Å². The molecule has 22 nitrogen and oxygen atoms in total. The van der Waals surface area contributed by atoms with E-state index in [1.54, 1.807) is 0 Å². The van der Waals surface area contributed by atoms with Crippen LogP contribution in [0.15, 0.2) is 12.2 Å². The Bertz CT molecular complexity index is 1740. The summed E-state index contributed by atoms with van der Waals surface area (Å²) in [5.41, 5.74) is -2.19. The molecular formula is C44H70O22. The predicted molar refractivity (Wildman–Crippen MR) is 218 cm³/mol. The Morgan fingerprint density at radius 1 is 0.606 bits per heavy atom. The number of rotatable bonds is 11. The van der Waals surface area contributed by atoms with Gasteiger partial charge in [-0.1, -0.05) is 19.9 Å². The zero-order valence-electron chi connectivity index (χ0n) is 37.4. The summed E-state index contributed by atoms with van der Waals surface area (Å²) in [5, 5.41) is 137. The van der Waals surface area contributed by atoms with Crippen LogP contribution >= 0.6 is 0 Å². The summed E-state index contributed by atoms with van der Waals surface area (Å²) in [6.07, 6.45) is -27.4. The standard InChI is InChI=1S/C44H70O22/c1-17-12-43-10-6-22-41(3,8-5-9-42(22,4)40(58)65-38-33(57)30(54)26(50)20(14-46)61-38)23(43)7-11-44(17,16-43)66-39-35(64-36-31(55)28(52)24(48)18(2)59-36)34(27(51)21(15-47)62-39)63-37-32(56)29(53)25(49)19(13-45)60-37/h18-39,45-57H,1,5-16H2,2-4H3/t18-,19+,20+,21+,22?,23?,24-,25+,26+,27+,28+,29-,30-,31+,32+,33+,34-,35+,36+,37-,38-,39-,41+,42+,43+,44-/m0/s1. The van der Waals surface area contributed by atoms with E-state index in [1.807, 2.05) is 6.92 Å². The van der Waals surface area contributed by atoms with Crippen LogP contribution in [0.2, 0.25) is 0 Å². The lowest BCUT2D eigenvalue weighted by atomic mass is 9.41. The van der Waals surface area contributed by atoms with Crippen LogP contribution in [0.1, 0.15) is 78.6 Å². The Hall–Kier alpha value is -1.59. The fourth-order valence-corrected chi connectivity index (χ4v) is 13.4. The smallest absolute Gasteiger partial charge is 0.314 e. The highest BCUT2D eigenvalue weighted by Gasteiger charge is 2.70. The molecule has 1 spiro atoms. The summed E-state index contributed by atoms with van der Waals surface area (Å²) in [4.78, 5) is 14.3. The van der Waals surface area contributed by atoms with Crippen molar-refractivity contribution in [1.29, 1.82) is 0 Å². The van der Waals surface area contributed by atoms with Crippen LogP contribution in [-0.2, 0) is 42.7 Å². The van der Waals surface area contributed by atoms with Gasteiger partial charge in [-0.3, -0.25) is 4.79 Å². The lowest BCUT2D eigenvalue weighted by Gasteiger charge is -2.64. The van der Waals surface area contributed by atoms with Crippen molar-refractivity contribution < 1.29 is 109 Å². The van der Waals surface area contributed by atoms with Crippen molar-refractivity contribution >= 4 is 5.97 Å². The van der Waals surface area contributed by atoms with E-state index < -0.39 is 165 Å². The van der Waals surface area contributed by atoms with Crippen molar-refractivity contribution in [3.63, 3.8) is 0 Å². The number of carbonyl (C=O) groups is 1. The fourth-order valence-electron chi connectivity index (χ4n) is 13.4. The van der Waals surface area contributed by atoms with Crippen LogP contribution in [0.3, 0.4) is 0 Å². The van der Waals surface area contributed by atoms with Crippen molar-refractivity contribution in [1.82, 2.24) is 0 Å². The molecule has 66 heavy (non-hydrogen) atoms. The summed E-state index contributed by atoms with van der Waals surface area (Å²) in [7, 11) is 0. The van der Waals surface area contributed by atoms with Crippen molar-refractivity contribution in [2.24, 2.45) is 28.1 Å². The molecule has 4 saturated heterocycles. The summed E-state index contributed by atoms with van der Waals surface area (Å²) in [6.45, 7) is 7.77. The maximum Gasteiger partial charge on any atom is 0.314 e. The molecule has 2 bridgehead atoms. The second-order valence-corrected chi connectivity index (χ2v) is 20.8. The second kappa shape index (κ2) is 18.9. The van der Waals surface area contributed by atoms with Crippen LogP contribution in [0.4, 0.5) is 0 Å². The van der Waals surface area contributed by atoms with Gasteiger partial charge in [0.25, 0.3) is 0 Å². The van der Waals surface area contributed by atoms with Gasteiger partial charge in [0.15, 0.2) is 18.9 Å². The average Bonchev–Trinajstić information content (AvgIpc) is 3.48. The van der Waals surface area contributed by atoms with Gasteiger partial charge in [-0.25, -0.2) is 0 Å². The molecule has 8 rings (SSSR count). The normalized spacial score (nSPS) is 55.2. The first-order valence-electron chi connectivity index (χ1n) is 23.2. The van der Waals surface area contributed by atoms with Gasteiger partial charge >= 0.3 is 5.97 Å². The van der Waals surface area contributed by atoms with Gasteiger partial charge in [0.1, 0.15) is 91.6 Å². The summed E-state index contributed by atoms with van der Waals surface area (Å²) in [6, 6.07) is 0. The van der Waals surface area contributed by atoms with Crippen molar-refractivity contribution in [3.8, 4) is 0 Å². The fraction of sp³-hybridized carbons (Fsp3) is 0.932. The Balaban J connectivity index is 1.06. The van der Waals surface area contributed by atoms with Crippen molar-refractivity contribution in [3.05, 3.63) is 12.2 Å². The summed E-state index contributed by atoms with van der Waals surface area (Å²) < 4.78 is 48.4. The Kier molecular flexibility index (Phi) is 14.5. The number of hydrogen-bond acceptors (Lipinski definition) is 22. The third kappa shape index (κ3) is 8.30. The largest absolute Gasteiger partial charge is 0.432 e. The molecule has 4 aliphatic heterocycles. The number of ether oxygens (including phenoxy) is 8. The molecule has 0 aromatic rings. The molecule has 2 unspecified atom stereocenters. The summed E-state index contributed by atoms with van der Waals surface area (Å²) >= 11 is 0. The number of fused-ring (bicyclic) bond motifs is 3. The van der Waals surface area contributed by atoms with Gasteiger partial charge in [-0.05, 0) is 93.5 Å². The van der Waals surface area contributed by atoms with E-state index in [9.17, 15) is 71.2 Å². The monoisotopic (exact) mass is 950 g/mol. The SMILES string of the molecule is C=C1C[C@@]23CCC4[C@@](C)(CCC[C@@]4(C)C(=O)O[C@@H]4O[C@H](CO)[C@@H](O)[C@H](O)[C@H]4O)C2CC[C@]1(O[C@@H]1O[C@H](CO)[C@@H](O)[C@H](O[C@@H]2O[C@H](CO)[C@@H](O)[C@H](O)[C@H]2O)[C@H]1O[C@H]1O[C@@H](C)[C@H](O)[C@@H](O)[C@H]1O)C3. The molecule has 0 aromatic carbocycles. The van der Waals surface area contributed by atoms with E-state index in [-0.39, 0.29) is 17.3 Å². The summed E-state index contributed by atoms with van der Waals surface area (Å²) in [5.74, 6) is -0.750. The average molecular weight is 951 g/mol. The number of esters is 1. The molecular weight excluding hydrogens is 880 g/mol.